The summed E-state index contributed by atoms with van der Waals surface area (Å²) in [6.07, 6.45) is 1.36. The molecule has 0 unspecified atom stereocenters. The fraction of sp³-hybridized carbons (Fsp3) is 0.364. The van der Waals surface area contributed by atoms with Crippen molar-refractivity contribution in [2.45, 2.75) is 19.8 Å². The molecule has 0 aromatic heterocycles. The van der Waals surface area contributed by atoms with E-state index in [1.54, 1.807) is 36.3 Å². The number of nitrogens with zero attached hydrogens (tertiary/aromatic N) is 1. The summed E-state index contributed by atoms with van der Waals surface area (Å²) in [7, 11) is 1.60. The van der Waals surface area contributed by atoms with Gasteiger partial charge in [-0.3, -0.25) is 9.59 Å². The first-order valence-corrected chi connectivity index (χ1v) is 9.22. The van der Waals surface area contributed by atoms with E-state index in [-0.39, 0.29) is 24.2 Å². The van der Waals surface area contributed by atoms with E-state index >= 15 is 0 Å². The molecule has 5 nitrogen and oxygen atoms in total. The number of amides is 1. The molecule has 0 spiro atoms. The molecule has 27 heavy (non-hydrogen) atoms. The Kier molecular flexibility index (Phi) is 6.12. The van der Waals surface area contributed by atoms with Crippen LogP contribution in [0.25, 0.3) is 0 Å². The lowest BCUT2D eigenvalue weighted by atomic mass is 9.89. The summed E-state index contributed by atoms with van der Waals surface area (Å²) in [4.78, 5) is 26.8. The Labute approximate surface area is 159 Å². The molecule has 0 atom stereocenters. The van der Waals surface area contributed by atoms with E-state index in [1.165, 1.54) is 0 Å². The van der Waals surface area contributed by atoms with E-state index in [1.807, 2.05) is 31.2 Å². The van der Waals surface area contributed by atoms with Crippen molar-refractivity contribution in [2.24, 2.45) is 5.92 Å². The quantitative estimate of drug-likeness (QED) is 0.733. The highest BCUT2D eigenvalue weighted by atomic mass is 16.5. The number of carbonyl (C=O) groups is 2. The van der Waals surface area contributed by atoms with E-state index < -0.39 is 0 Å². The summed E-state index contributed by atoms with van der Waals surface area (Å²) >= 11 is 0. The molecule has 142 valence electrons. The molecule has 3 rings (SSSR count). The molecule has 1 aliphatic heterocycles. The first-order valence-electron chi connectivity index (χ1n) is 9.22. The largest absolute Gasteiger partial charge is 0.497 e. The summed E-state index contributed by atoms with van der Waals surface area (Å²) in [6, 6.07) is 14.9. The minimum atomic E-state index is -0.0415. The van der Waals surface area contributed by atoms with E-state index in [0.717, 1.165) is 11.3 Å². The fourth-order valence-corrected chi connectivity index (χ4v) is 3.32. The second-order valence-electron chi connectivity index (χ2n) is 6.85. The normalized spacial score (nSPS) is 14.7. The van der Waals surface area contributed by atoms with Gasteiger partial charge in [0.1, 0.15) is 11.5 Å². The maximum Gasteiger partial charge on any atom is 0.260 e. The van der Waals surface area contributed by atoms with Gasteiger partial charge in [-0.05, 0) is 61.7 Å². The zero-order chi connectivity index (χ0) is 19.2. The summed E-state index contributed by atoms with van der Waals surface area (Å²) < 4.78 is 10.7. The number of methoxy groups -OCH3 is 1. The fourth-order valence-electron chi connectivity index (χ4n) is 3.32. The summed E-state index contributed by atoms with van der Waals surface area (Å²) in [5, 5.41) is 0. The molecule has 0 radical (unpaired) electrons. The number of likely N-dealkylation sites (tertiary alicyclic amines) is 1. The van der Waals surface area contributed by atoms with Crippen LogP contribution in [-0.2, 0) is 4.79 Å². The molecule has 0 aliphatic carbocycles. The molecule has 0 bridgehead atoms. The van der Waals surface area contributed by atoms with Gasteiger partial charge in [0.25, 0.3) is 5.91 Å². The number of piperidine rings is 1. The lowest BCUT2D eigenvalue weighted by Crippen LogP contribution is -2.42. The van der Waals surface area contributed by atoms with Crippen molar-refractivity contribution >= 4 is 11.7 Å². The molecule has 1 heterocycles. The van der Waals surface area contributed by atoms with Crippen LogP contribution in [0.3, 0.4) is 0 Å². The third-order valence-corrected chi connectivity index (χ3v) is 4.94. The van der Waals surface area contributed by atoms with E-state index in [4.69, 9.17) is 9.47 Å². The minimum Gasteiger partial charge on any atom is -0.497 e. The molecular formula is C22H25NO4. The van der Waals surface area contributed by atoms with Crippen molar-refractivity contribution in [3.8, 4) is 11.5 Å². The molecule has 2 aromatic rings. The standard InChI is InChI=1S/C22H25NO4/c1-16-4-3-5-20(14-16)27-15-21(24)23-12-10-18(11-13-23)22(25)17-6-8-19(26-2)9-7-17/h3-9,14,18H,10-13,15H2,1-2H3. The second-order valence-corrected chi connectivity index (χ2v) is 6.85. The molecular weight excluding hydrogens is 342 g/mol. The number of aryl methyl sites for hydroxylation is 1. The first-order chi connectivity index (χ1) is 13.1. The average molecular weight is 367 g/mol. The lowest BCUT2D eigenvalue weighted by molar-refractivity contribution is -0.134. The van der Waals surface area contributed by atoms with Crippen LogP contribution < -0.4 is 9.47 Å². The highest BCUT2D eigenvalue weighted by Gasteiger charge is 2.28. The van der Waals surface area contributed by atoms with Crippen LogP contribution >= 0.6 is 0 Å². The maximum atomic E-state index is 12.6. The smallest absolute Gasteiger partial charge is 0.260 e. The highest BCUT2D eigenvalue weighted by molar-refractivity contribution is 5.98. The number of ketones is 1. The van der Waals surface area contributed by atoms with Gasteiger partial charge in [-0.2, -0.15) is 0 Å². The Bertz CT molecular complexity index is 792. The second kappa shape index (κ2) is 8.71. The number of rotatable bonds is 6. The SMILES string of the molecule is COc1ccc(C(=O)C2CCN(C(=O)COc3cccc(C)c3)CC2)cc1. The molecule has 1 fully saturated rings. The van der Waals surface area contributed by atoms with Gasteiger partial charge in [-0.25, -0.2) is 0 Å². The molecule has 2 aromatic carbocycles. The Morgan fingerprint density at radius 1 is 1.04 bits per heavy atom. The van der Waals surface area contributed by atoms with Crippen molar-refractivity contribution in [2.75, 3.05) is 26.8 Å². The van der Waals surface area contributed by atoms with Crippen LogP contribution in [0.4, 0.5) is 0 Å². The number of Topliss-reactive ketones (excluding diaryl/α,β-unsaturated/α-hetero) is 1. The molecule has 0 N–H and O–H groups in total. The number of hydrogen-bond donors (Lipinski definition) is 0. The molecule has 1 saturated heterocycles. The van der Waals surface area contributed by atoms with Gasteiger partial charge in [0.15, 0.2) is 12.4 Å². The van der Waals surface area contributed by atoms with Gasteiger partial charge in [-0.15, -0.1) is 0 Å². The van der Waals surface area contributed by atoms with Gasteiger partial charge in [-0.1, -0.05) is 12.1 Å². The lowest BCUT2D eigenvalue weighted by Gasteiger charge is -2.31. The van der Waals surface area contributed by atoms with Crippen LogP contribution in [0.15, 0.2) is 48.5 Å². The van der Waals surface area contributed by atoms with Crippen molar-refractivity contribution in [1.82, 2.24) is 4.90 Å². The first kappa shape index (κ1) is 19.0. The van der Waals surface area contributed by atoms with Gasteiger partial charge in [0.05, 0.1) is 7.11 Å². The van der Waals surface area contributed by atoms with Crippen LogP contribution in [0.2, 0.25) is 0 Å². The van der Waals surface area contributed by atoms with E-state index in [0.29, 0.717) is 37.2 Å². The van der Waals surface area contributed by atoms with Crippen LogP contribution in [0.1, 0.15) is 28.8 Å². The van der Waals surface area contributed by atoms with Crippen LogP contribution in [-0.4, -0.2) is 43.4 Å². The monoisotopic (exact) mass is 367 g/mol. The number of benzene rings is 2. The summed E-state index contributed by atoms with van der Waals surface area (Å²) in [6.45, 7) is 3.19. The predicted molar refractivity (Wildman–Crippen MR) is 103 cm³/mol. The molecule has 1 amide bonds. The third-order valence-electron chi connectivity index (χ3n) is 4.94. The highest BCUT2D eigenvalue weighted by Crippen LogP contribution is 2.23. The Morgan fingerprint density at radius 3 is 2.37 bits per heavy atom. The molecule has 5 heteroatoms. The number of hydrogen-bond acceptors (Lipinski definition) is 4. The average Bonchev–Trinajstić information content (AvgIpc) is 2.72. The third kappa shape index (κ3) is 4.88. The van der Waals surface area contributed by atoms with E-state index in [9.17, 15) is 9.59 Å². The van der Waals surface area contributed by atoms with Gasteiger partial charge >= 0.3 is 0 Å². The van der Waals surface area contributed by atoms with Gasteiger partial charge in [0.2, 0.25) is 0 Å². The van der Waals surface area contributed by atoms with Gasteiger partial charge in [0, 0.05) is 24.6 Å². The maximum absolute atomic E-state index is 12.6. The topological polar surface area (TPSA) is 55.8 Å². The predicted octanol–water partition coefficient (Wildman–Crippen LogP) is 3.50. The Morgan fingerprint density at radius 2 is 1.74 bits per heavy atom. The number of carbonyl (C=O) groups excluding carboxylic acids is 2. The van der Waals surface area contributed by atoms with Crippen LogP contribution in [0, 0.1) is 12.8 Å². The zero-order valence-electron chi connectivity index (χ0n) is 15.8. The summed E-state index contributed by atoms with van der Waals surface area (Å²) in [5.74, 6) is 1.50. The molecule has 0 saturated carbocycles. The van der Waals surface area contributed by atoms with Crippen LogP contribution in [0.5, 0.6) is 11.5 Å². The van der Waals surface area contributed by atoms with Crippen molar-refractivity contribution < 1.29 is 19.1 Å². The van der Waals surface area contributed by atoms with Gasteiger partial charge < -0.3 is 14.4 Å². The Balaban J connectivity index is 1.48. The van der Waals surface area contributed by atoms with Crippen molar-refractivity contribution in [1.29, 1.82) is 0 Å². The van der Waals surface area contributed by atoms with Crippen molar-refractivity contribution in [3.05, 3.63) is 59.7 Å². The minimum absolute atomic E-state index is 0.0283. The summed E-state index contributed by atoms with van der Waals surface area (Å²) in [5.41, 5.74) is 1.79. The van der Waals surface area contributed by atoms with Crippen molar-refractivity contribution in [3.63, 3.8) is 0 Å². The molecule has 1 aliphatic rings. The Hall–Kier alpha value is -2.82. The zero-order valence-corrected chi connectivity index (χ0v) is 15.8. The number of ether oxygens (including phenoxy) is 2. The van der Waals surface area contributed by atoms with E-state index in [2.05, 4.69) is 0 Å².